The summed E-state index contributed by atoms with van der Waals surface area (Å²) < 4.78 is 6.29. The highest BCUT2D eigenvalue weighted by atomic mass is 35.5. The topological polar surface area (TPSA) is 58.0 Å². The van der Waals surface area contributed by atoms with Gasteiger partial charge in [0.15, 0.2) is 16.2 Å². The summed E-state index contributed by atoms with van der Waals surface area (Å²) in [5.41, 5.74) is 2.93. The van der Waals surface area contributed by atoms with Gasteiger partial charge in [-0.1, -0.05) is 53.3 Å². The molecule has 2 atom stereocenters. The minimum atomic E-state index is -1.11. The van der Waals surface area contributed by atoms with Crippen LogP contribution in [0.4, 0.5) is 10.8 Å². The standard InChI is InChI=1S/C27H20Cl2N4O2S/c1-16-21(14-17-10-12-20(35-2)13-11-17)27(33(31-16)19-7-5-6-18(28)15-19)24(29)25(34)32(27)26-30-22-8-3-4-9-23(22)36-26/h3-15,24H,1-2H3/b21-14-. The Hall–Kier alpha value is -3.39. The van der Waals surface area contributed by atoms with Gasteiger partial charge in [0, 0.05) is 10.6 Å². The van der Waals surface area contributed by atoms with Gasteiger partial charge in [-0.05, 0) is 61.0 Å². The molecule has 0 saturated carbocycles. The van der Waals surface area contributed by atoms with Crippen molar-refractivity contribution in [2.24, 2.45) is 5.10 Å². The number of rotatable bonds is 4. The van der Waals surface area contributed by atoms with Crippen LogP contribution in [-0.2, 0) is 4.79 Å². The van der Waals surface area contributed by atoms with Crippen molar-refractivity contribution in [3.8, 4) is 5.75 Å². The highest BCUT2D eigenvalue weighted by Gasteiger charge is 2.69. The van der Waals surface area contributed by atoms with Crippen LogP contribution in [0, 0.1) is 0 Å². The number of thiazole rings is 1. The molecule has 0 radical (unpaired) electrons. The van der Waals surface area contributed by atoms with Crippen molar-refractivity contribution in [1.29, 1.82) is 0 Å². The number of carbonyl (C=O) groups is 1. The van der Waals surface area contributed by atoms with Crippen LogP contribution in [0.15, 0.2) is 83.5 Å². The fourth-order valence-electron chi connectivity index (χ4n) is 4.76. The fraction of sp³-hybridized carbons (Fsp3) is 0.148. The highest BCUT2D eigenvalue weighted by molar-refractivity contribution is 7.22. The number of hydrogen-bond donors (Lipinski definition) is 0. The Morgan fingerprint density at radius 3 is 2.58 bits per heavy atom. The molecule has 2 aliphatic heterocycles. The largest absolute Gasteiger partial charge is 0.497 e. The monoisotopic (exact) mass is 534 g/mol. The van der Waals surface area contributed by atoms with Gasteiger partial charge in [-0.3, -0.25) is 9.69 Å². The molecular weight excluding hydrogens is 515 g/mol. The second-order valence-electron chi connectivity index (χ2n) is 8.53. The molecule has 1 amide bonds. The molecule has 2 unspecified atom stereocenters. The molecule has 2 aliphatic rings. The van der Waals surface area contributed by atoms with E-state index in [9.17, 15) is 4.79 Å². The lowest BCUT2D eigenvalue weighted by Gasteiger charge is -2.55. The van der Waals surface area contributed by atoms with Crippen LogP contribution in [0.2, 0.25) is 5.02 Å². The summed E-state index contributed by atoms with van der Waals surface area (Å²) in [4.78, 5) is 19.9. The number of fused-ring (bicyclic) bond motifs is 1. The number of anilines is 2. The van der Waals surface area contributed by atoms with E-state index in [1.807, 2.05) is 79.7 Å². The Morgan fingerprint density at radius 2 is 1.86 bits per heavy atom. The van der Waals surface area contributed by atoms with Gasteiger partial charge in [0.05, 0.1) is 28.7 Å². The van der Waals surface area contributed by atoms with Crippen LogP contribution in [0.1, 0.15) is 12.5 Å². The summed E-state index contributed by atoms with van der Waals surface area (Å²) in [6.07, 6.45) is 2.02. The number of nitrogens with zero attached hydrogens (tertiary/aromatic N) is 4. The minimum Gasteiger partial charge on any atom is -0.497 e. The van der Waals surface area contributed by atoms with Crippen molar-refractivity contribution in [1.82, 2.24) is 4.98 Å². The van der Waals surface area contributed by atoms with Gasteiger partial charge in [0.2, 0.25) is 0 Å². The van der Waals surface area contributed by atoms with Gasteiger partial charge in [-0.15, -0.1) is 11.6 Å². The number of para-hydroxylation sites is 1. The first kappa shape index (κ1) is 23.0. The Kier molecular flexibility index (Phi) is 5.52. The lowest BCUT2D eigenvalue weighted by Crippen LogP contribution is -2.79. The summed E-state index contributed by atoms with van der Waals surface area (Å²) in [6.45, 7) is 1.92. The molecule has 6 nitrogen and oxygen atoms in total. The molecule has 9 heteroatoms. The van der Waals surface area contributed by atoms with E-state index in [-0.39, 0.29) is 5.91 Å². The zero-order valence-corrected chi connectivity index (χ0v) is 21.7. The van der Waals surface area contributed by atoms with Crippen molar-refractivity contribution in [2.45, 2.75) is 18.0 Å². The van der Waals surface area contributed by atoms with E-state index < -0.39 is 11.0 Å². The van der Waals surface area contributed by atoms with Crippen molar-refractivity contribution in [3.05, 3.63) is 89.0 Å². The van der Waals surface area contributed by atoms with Gasteiger partial charge in [0.1, 0.15) is 5.75 Å². The Labute approximate surface area is 222 Å². The number of hydrazone groups is 1. The predicted octanol–water partition coefficient (Wildman–Crippen LogP) is 6.59. The maximum absolute atomic E-state index is 13.4. The molecule has 180 valence electrons. The van der Waals surface area contributed by atoms with Crippen LogP contribution < -0.4 is 14.6 Å². The minimum absolute atomic E-state index is 0.228. The number of β-lactam (4-membered cyclic amide) rings is 1. The number of hydrogen-bond acceptors (Lipinski definition) is 6. The summed E-state index contributed by atoms with van der Waals surface area (Å²) >= 11 is 14.7. The third-order valence-corrected chi connectivity index (χ3v) is 8.19. The molecule has 0 N–H and O–H groups in total. The van der Waals surface area contributed by atoms with E-state index in [1.54, 1.807) is 23.1 Å². The molecule has 36 heavy (non-hydrogen) atoms. The first-order valence-corrected chi connectivity index (χ1v) is 12.9. The molecule has 6 rings (SSSR count). The molecule has 1 fully saturated rings. The van der Waals surface area contributed by atoms with E-state index in [1.165, 1.54) is 11.3 Å². The smallest absolute Gasteiger partial charge is 0.254 e. The first-order chi connectivity index (χ1) is 17.4. The van der Waals surface area contributed by atoms with Gasteiger partial charge in [-0.2, -0.15) is 5.10 Å². The second-order valence-corrected chi connectivity index (χ2v) is 10.4. The molecule has 4 aromatic rings. The van der Waals surface area contributed by atoms with Crippen LogP contribution in [0.25, 0.3) is 16.3 Å². The van der Waals surface area contributed by atoms with Crippen LogP contribution in [0.3, 0.4) is 0 Å². The molecule has 3 aromatic carbocycles. The number of halogens is 2. The van der Waals surface area contributed by atoms with E-state index in [0.717, 1.165) is 38.5 Å². The van der Waals surface area contributed by atoms with Gasteiger partial charge in [0.25, 0.3) is 5.91 Å². The molecule has 0 bridgehead atoms. The fourth-order valence-corrected chi connectivity index (χ4v) is 6.37. The number of benzene rings is 3. The normalized spacial score (nSPS) is 22.4. The number of alkyl halides is 1. The third-order valence-electron chi connectivity index (χ3n) is 6.44. The van der Waals surface area contributed by atoms with E-state index in [4.69, 9.17) is 38.0 Å². The highest BCUT2D eigenvalue weighted by Crippen LogP contribution is 2.54. The number of amides is 1. The summed E-state index contributed by atoms with van der Waals surface area (Å²) in [5.74, 6) is 0.530. The van der Waals surface area contributed by atoms with Crippen molar-refractivity contribution in [2.75, 3.05) is 17.0 Å². The first-order valence-electron chi connectivity index (χ1n) is 11.2. The molecular formula is C27H20Cl2N4O2S. The quantitative estimate of drug-likeness (QED) is 0.219. The summed E-state index contributed by atoms with van der Waals surface area (Å²) in [5, 5.41) is 6.93. The molecule has 0 aliphatic carbocycles. The van der Waals surface area contributed by atoms with Crippen LogP contribution >= 0.6 is 34.5 Å². The lowest BCUT2D eigenvalue weighted by atomic mass is 9.82. The SMILES string of the molecule is COc1ccc(/C=C2/C(C)=NN(c3cccc(Cl)c3)C23C(Cl)C(=O)N3c2nc3ccccc3s2)cc1. The van der Waals surface area contributed by atoms with Crippen molar-refractivity contribution >= 4 is 73.3 Å². The number of carbonyl (C=O) groups excluding carboxylic acids is 1. The summed E-state index contributed by atoms with van der Waals surface area (Å²) in [7, 11) is 1.63. The average molecular weight is 535 g/mol. The van der Waals surface area contributed by atoms with Crippen LogP contribution in [0.5, 0.6) is 5.75 Å². The molecule has 1 spiro atoms. The molecule has 1 saturated heterocycles. The number of ether oxygens (including phenoxy) is 1. The van der Waals surface area contributed by atoms with E-state index in [0.29, 0.717) is 10.2 Å². The summed E-state index contributed by atoms with van der Waals surface area (Å²) in [6, 6.07) is 22.9. The maximum atomic E-state index is 13.4. The zero-order chi connectivity index (χ0) is 25.0. The van der Waals surface area contributed by atoms with E-state index in [2.05, 4.69) is 0 Å². The Bertz CT molecular complexity index is 1530. The van der Waals surface area contributed by atoms with Gasteiger partial charge >= 0.3 is 0 Å². The van der Waals surface area contributed by atoms with E-state index >= 15 is 0 Å². The average Bonchev–Trinajstić information content (AvgIpc) is 3.44. The maximum Gasteiger partial charge on any atom is 0.254 e. The molecule has 1 aromatic heterocycles. The van der Waals surface area contributed by atoms with Crippen molar-refractivity contribution < 1.29 is 9.53 Å². The zero-order valence-electron chi connectivity index (χ0n) is 19.4. The predicted molar refractivity (Wildman–Crippen MR) is 147 cm³/mol. The van der Waals surface area contributed by atoms with Gasteiger partial charge < -0.3 is 4.74 Å². The molecule has 3 heterocycles. The Morgan fingerprint density at radius 1 is 1.08 bits per heavy atom. The lowest BCUT2D eigenvalue weighted by molar-refractivity contribution is -0.125. The van der Waals surface area contributed by atoms with Crippen LogP contribution in [-0.4, -0.2) is 34.8 Å². The third kappa shape index (κ3) is 3.34. The van der Waals surface area contributed by atoms with Crippen molar-refractivity contribution in [3.63, 3.8) is 0 Å². The second kappa shape index (κ2) is 8.62. The number of aromatic nitrogens is 1. The Balaban J connectivity index is 1.57. The van der Waals surface area contributed by atoms with Gasteiger partial charge in [-0.25, -0.2) is 9.99 Å². The number of methoxy groups -OCH3 is 1.